The zero-order valence-corrected chi connectivity index (χ0v) is 11.5. The maximum absolute atomic E-state index is 12.6. The normalized spacial score (nSPS) is 10.8. The fraction of sp³-hybridized carbons (Fsp3) is 0.133. The zero-order chi connectivity index (χ0) is 13.4. The van der Waals surface area contributed by atoms with E-state index >= 15 is 0 Å². The second-order valence-corrected chi connectivity index (χ2v) is 5.59. The number of ketones is 1. The lowest BCUT2D eigenvalue weighted by molar-refractivity contribution is 0.104. The third kappa shape index (κ3) is 2.04. The maximum atomic E-state index is 12.6. The number of aryl methyl sites for hydroxylation is 2. The van der Waals surface area contributed by atoms with Crippen LogP contribution in [0.2, 0.25) is 0 Å². The summed E-state index contributed by atoms with van der Waals surface area (Å²) in [5.41, 5.74) is 1.44. The summed E-state index contributed by atoms with van der Waals surface area (Å²) in [5, 5.41) is 2.83. The Hall–Kier alpha value is -2.07. The van der Waals surface area contributed by atoms with Crippen molar-refractivity contribution in [3.8, 4) is 0 Å². The Morgan fingerprint density at radius 2 is 1.95 bits per heavy atom. The molecule has 0 atom stereocenters. The van der Waals surface area contributed by atoms with Gasteiger partial charge in [-0.1, -0.05) is 24.3 Å². The predicted molar refractivity (Wildman–Crippen MR) is 76.8 cm³/mol. The lowest BCUT2D eigenvalue weighted by Crippen LogP contribution is -2.02. The summed E-state index contributed by atoms with van der Waals surface area (Å²) in [4.78, 5) is 21.8. The molecule has 0 radical (unpaired) electrons. The molecule has 0 unspecified atom stereocenters. The molecule has 4 heteroatoms. The number of carbonyl (C=O) groups excluding carboxylic acids is 1. The van der Waals surface area contributed by atoms with Gasteiger partial charge in [0.05, 0.1) is 15.6 Å². The van der Waals surface area contributed by atoms with Crippen molar-refractivity contribution in [3.63, 3.8) is 0 Å². The van der Waals surface area contributed by atoms with Gasteiger partial charge in [0.15, 0.2) is 0 Å². The van der Waals surface area contributed by atoms with Crippen molar-refractivity contribution in [1.82, 2.24) is 9.97 Å². The summed E-state index contributed by atoms with van der Waals surface area (Å²) in [6.45, 7) is 3.78. The van der Waals surface area contributed by atoms with Crippen molar-refractivity contribution in [2.24, 2.45) is 0 Å². The molecular formula is C15H12N2OS. The van der Waals surface area contributed by atoms with Gasteiger partial charge in [0, 0.05) is 23.3 Å². The molecule has 94 valence electrons. The van der Waals surface area contributed by atoms with E-state index in [1.54, 1.807) is 12.4 Å². The Balaban J connectivity index is 2.19. The van der Waals surface area contributed by atoms with Gasteiger partial charge in [0.1, 0.15) is 0 Å². The first kappa shape index (κ1) is 12.0. The van der Waals surface area contributed by atoms with E-state index in [2.05, 4.69) is 9.97 Å². The molecule has 3 nitrogen and oxygen atoms in total. The molecule has 2 aromatic heterocycles. The van der Waals surface area contributed by atoms with Gasteiger partial charge in [0.25, 0.3) is 0 Å². The van der Waals surface area contributed by atoms with Crippen LogP contribution in [0.5, 0.6) is 0 Å². The smallest absolute Gasteiger partial charge is 0.207 e. The second-order valence-electron chi connectivity index (χ2n) is 4.38. The summed E-state index contributed by atoms with van der Waals surface area (Å²) < 4.78 is 0. The molecule has 0 bridgehead atoms. The van der Waals surface area contributed by atoms with E-state index in [1.165, 1.54) is 11.3 Å². The molecule has 3 rings (SSSR count). The molecule has 1 aromatic carbocycles. The minimum absolute atomic E-state index is 0.00685. The van der Waals surface area contributed by atoms with Crippen molar-refractivity contribution >= 4 is 27.9 Å². The molecule has 0 aliphatic carbocycles. The second kappa shape index (κ2) is 4.55. The molecule has 0 N–H and O–H groups in total. The SMILES string of the molecule is Cc1nc(C)c(C(=O)c2cncc3ccccc23)s1. The number of carbonyl (C=O) groups is 1. The van der Waals surface area contributed by atoms with Gasteiger partial charge in [-0.3, -0.25) is 9.78 Å². The predicted octanol–water partition coefficient (Wildman–Crippen LogP) is 3.54. The van der Waals surface area contributed by atoms with Crippen LogP contribution in [0.1, 0.15) is 25.9 Å². The highest BCUT2D eigenvalue weighted by Gasteiger charge is 2.18. The van der Waals surface area contributed by atoms with E-state index < -0.39 is 0 Å². The highest BCUT2D eigenvalue weighted by atomic mass is 32.1. The standard InChI is InChI=1S/C15H12N2OS/c1-9-15(19-10(2)17-9)14(18)13-8-16-7-11-5-3-4-6-12(11)13/h3-8H,1-2H3. The van der Waals surface area contributed by atoms with Gasteiger partial charge in [-0.25, -0.2) is 4.98 Å². The molecule has 0 saturated carbocycles. The number of hydrogen-bond acceptors (Lipinski definition) is 4. The van der Waals surface area contributed by atoms with Crippen LogP contribution in [0, 0.1) is 13.8 Å². The molecule has 0 spiro atoms. The third-order valence-corrected chi connectivity index (χ3v) is 4.09. The molecule has 0 saturated heterocycles. The van der Waals surface area contributed by atoms with Crippen molar-refractivity contribution in [1.29, 1.82) is 0 Å². The number of aromatic nitrogens is 2. The number of pyridine rings is 1. The summed E-state index contributed by atoms with van der Waals surface area (Å²) >= 11 is 1.44. The van der Waals surface area contributed by atoms with Gasteiger partial charge in [-0.2, -0.15) is 0 Å². The maximum Gasteiger partial charge on any atom is 0.207 e. The number of hydrogen-bond donors (Lipinski definition) is 0. The fourth-order valence-electron chi connectivity index (χ4n) is 2.16. The van der Waals surface area contributed by atoms with Gasteiger partial charge >= 0.3 is 0 Å². The Bertz CT molecular complexity index is 771. The van der Waals surface area contributed by atoms with Crippen LogP contribution in [0.4, 0.5) is 0 Å². The summed E-state index contributed by atoms with van der Waals surface area (Å²) in [6, 6.07) is 7.79. The van der Waals surface area contributed by atoms with Crippen LogP contribution in [-0.4, -0.2) is 15.8 Å². The quantitative estimate of drug-likeness (QED) is 0.668. The van der Waals surface area contributed by atoms with E-state index in [4.69, 9.17) is 0 Å². The molecule has 0 aliphatic heterocycles. The van der Waals surface area contributed by atoms with Crippen LogP contribution < -0.4 is 0 Å². The van der Waals surface area contributed by atoms with E-state index in [0.29, 0.717) is 10.4 Å². The molecule has 0 fully saturated rings. The molecule has 2 heterocycles. The van der Waals surface area contributed by atoms with Gasteiger partial charge < -0.3 is 0 Å². The average molecular weight is 268 g/mol. The molecular weight excluding hydrogens is 256 g/mol. The largest absolute Gasteiger partial charge is 0.288 e. The molecule has 0 aliphatic rings. The monoisotopic (exact) mass is 268 g/mol. The van der Waals surface area contributed by atoms with E-state index in [1.807, 2.05) is 38.1 Å². The zero-order valence-electron chi connectivity index (χ0n) is 10.7. The molecule has 3 aromatic rings. The van der Waals surface area contributed by atoms with Gasteiger partial charge in [0.2, 0.25) is 5.78 Å². The van der Waals surface area contributed by atoms with E-state index in [9.17, 15) is 4.79 Å². The summed E-state index contributed by atoms with van der Waals surface area (Å²) in [7, 11) is 0. The van der Waals surface area contributed by atoms with Crippen molar-refractivity contribution in [2.75, 3.05) is 0 Å². The van der Waals surface area contributed by atoms with Gasteiger partial charge in [-0.05, 0) is 19.2 Å². The van der Waals surface area contributed by atoms with Crippen LogP contribution in [0.3, 0.4) is 0 Å². The van der Waals surface area contributed by atoms with E-state index in [0.717, 1.165) is 21.5 Å². The average Bonchev–Trinajstić information content (AvgIpc) is 2.76. The minimum Gasteiger partial charge on any atom is -0.288 e. The third-order valence-electron chi connectivity index (χ3n) is 3.02. The lowest BCUT2D eigenvalue weighted by Gasteiger charge is -2.03. The number of fused-ring (bicyclic) bond motifs is 1. The number of nitrogens with zero attached hydrogens (tertiary/aromatic N) is 2. The number of benzene rings is 1. The van der Waals surface area contributed by atoms with E-state index in [-0.39, 0.29) is 5.78 Å². The first-order chi connectivity index (χ1) is 9.16. The summed E-state index contributed by atoms with van der Waals surface area (Å²) in [6.07, 6.45) is 3.41. The lowest BCUT2D eigenvalue weighted by atomic mass is 10.0. The molecule has 19 heavy (non-hydrogen) atoms. The Morgan fingerprint density at radius 3 is 2.68 bits per heavy atom. The fourth-order valence-corrected chi connectivity index (χ4v) is 3.04. The van der Waals surface area contributed by atoms with Crippen molar-refractivity contribution < 1.29 is 4.79 Å². The number of rotatable bonds is 2. The van der Waals surface area contributed by atoms with Crippen LogP contribution in [0.15, 0.2) is 36.7 Å². The first-order valence-electron chi connectivity index (χ1n) is 5.98. The van der Waals surface area contributed by atoms with Crippen molar-refractivity contribution in [2.45, 2.75) is 13.8 Å². The van der Waals surface area contributed by atoms with Gasteiger partial charge in [-0.15, -0.1) is 11.3 Å². The first-order valence-corrected chi connectivity index (χ1v) is 6.80. The van der Waals surface area contributed by atoms with Crippen LogP contribution >= 0.6 is 11.3 Å². The Labute approximate surface area is 115 Å². The number of thiazole rings is 1. The highest BCUT2D eigenvalue weighted by Crippen LogP contribution is 2.25. The van der Waals surface area contributed by atoms with Crippen molar-refractivity contribution in [3.05, 3.63) is 57.8 Å². The Kier molecular flexibility index (Phi) is 2.87. The minimum atomic E-state index is 0.00685. The topological polar surface area (TPSA) is 42.9 Å². The van der Waals surface area contributed by atoms with Crippen LogP contribution in [-0.2, 0) is 0 Å². The summed E-state index contributed by atoms with van der Waals surface area (Å²) in [5.74, 6) is 0.00685. The van der Waals surface area contributed by atoms with Crippen LogP contribution in [0.25, 0.3) is 10.8 Å². The Morgan fingerprint density at radius 1 is 1.16 bits per heavy atom. The highest BCUT2D eigenvalue weighted by molar-refractivity contribution is 7.14. The molecule has 0 amide bonds.